The highest BCUT2D eigenvalue weighted by atomic mass is 19.1. The number of pyridine rings is 2. The van der Waals surface area contributed by atoms with E-state index >= 15 is 0 Å². The van der Waals surface area contributed by atoms with Crippen molar-refractivity contribution in [3.8, 4) is 0 Å². The molecule has 0 amide bonds. The summed E-state index contributed by atoms with van der Waals surface area (Å²) < 4.78 is 15.2. The van der Waals surface area contributed by atoms with E-state index in [0.29, 0.717) is 29.7 Å². The van der Waals surface area contributed by atoms with E-state index < -0.39 is 0 Å². The average molecular weight is 219 g/mol. The van der Waals surface area contributed by atoms with E-state index in [2.05, 4.69) is 4.98 Å². The first-order valence-corrected chi connectivity index (χ1v) is 5.10. The Morgan fingerprint density at radius 1 is 1.56 bits per heavy atom. The first kappa shape index (κ1) is 9.47. The summed E-state index contributed by atoms with van der Waals surface area (Å²) in [4.78, 5) is 15.6. The number of nitrogens with zero attached hydrogens (tertiary/aromatic N) is 2. The number of aromatic nitrogens is 2. The fourth-order valence-corrected chi connectivity index (χ4v) is 2.34. The van der Waals surface area contributed by atoms with Crippen LogP contribution < -0.4 is 11.3 Å². The van der Waals surface area contributed by atoms with Gasteiger partial charge in [-0.15, -0.1) is 0 Å². The zero-order valence-corrected chi connectivity index (χ0v) is 8.48. The predicted molar refractivity (Wildman–Crippen MR) is 57.8 cm³/mol. The molecule has 0 bridgehead atoms. The van der Waals surface area contributed by atoms with Crippen molar-refractivity contribution in [3.63, 3.8) is 0 Å². The molecule has 4 nitrogen and oxygen atoms in total. The maximum atomic E-state index is 13.7. The maximum Gasteiger partial charge on any atom is 0.251 e. The number of rotatable bonds is 1. The summed E-state index contributed by atoms with van der Waals surface area (Å²) >= 11 is 0. The summed E-state index contributed by atoms with van der Waals surface area (Å²) in [6.45, 7) is 0.780. The Morgan fingerprint density at radius 2 is 2.38 bits per heavy atom. The van der Waals surface area contributed by atoms with Gasteiger partial charge in [0, 0.05) is 30.6 Å². The van der Waals surface area contributed by atoms with Crippen molar-refractivity contribution in [2.45, 2.75) is 12.5 Å². The van der Waals surface area contributed by atoms with Gasteiger partial charge in [-0.2, -0.15) is 0 Å². The van der Waals surface area contributed by atoms with Crippen molar-refractivity contribution < 1.29 is 4.39 Å². The standard InChI is InChI=1S/C11H10FN3O/c12-7-4-14-8-1-2-9(16)15-5-6(3-13)10(7)11(8)15/h1-2,4,6H,3,5,13H2. The SMILES string of the molecule is NCC1Cn2c(=O)ccc3ncc(F)c1c32. The summed E-state index contributed by atoms with van der Waals surface area (Å²) in [6, 6.07) is 3.08. The Labute approximate surface area is 90.5 Å². The molecule has 1 aliphatic heterocycles. The van der Waals surface area contributed by atoms with Crippen LogP contribution in [0.5, 0.6) is 0 Å². The van der Waals surface area contributed by atoms with Gasteiger partial charge >= 0.3 is 0 Å². The lowest BCUT2D eigenvalue weighted by atomic mass is 10.0. The summed E-state index contributed by atoms with van der Waals surface area (Å²) in [7, 11) is 0. The molecular weight excluding hydrogens is 209 g/mol. The average Bonchev–Trinajstić information content (AvgIpc) is 2.68. The molecule has 0 fully saturated rings. The number of hydrogen-bond acceptors (Lipinski definition) is 3. The van der Waals surface area contributed by atoms with E-state index in [-0.39, 0.29) is 17.3 Å². The fourth-order valence-electron chi connectivity index (χ4n) is 2.34. The molecule has 0 saturated heterocycles. The summed E-state index contributed by atoms with van der Waals surface area (Å²) in [6.07, 6.45) is 1.19. The first-order chi connectivity index (χ1) is 7.72. The van der Waals surface area contributed by atoms with Crippen LogP contribution >= 0.6 is 0 Å². The van der Waals surface area contributed by atoms with Crippen molar-refractivity contribution >= 4 is 11.0 Å². The van der Waals surface area contributed by atoms with Crippen LogP contribution in [0.4, 0.5) is 4.39 Å². The molecule has 0 aromatic carbocycles. The lowest BCUT2D eigenvalue weighted by Gasteiger charge is -2.06. The lowest BCUT2D eigenvalue weighted by molar-refractivity contribution is 0.560. The highest BCUT2D eigenvalue weighted by Gasteiger charge is 2.27. The van der Waals surface area contributed by atoms with Gasteiger partial charge in [0.05, 0.1) is 17.2 Å². The van der Waals surface area contributed by atoms with E-state index in [0.717, 1.165) is 0 Å². The summed E-state index contributed by atoms with van der Waals surface area (Å²) in [5.74, 6) is -0.500. The minimum Gasteiger partial charge on any atom is -0.330 e. The van der Waals surface area contributed by atoms with Crippen LogP contribution in [0.15, 0.2) is 23.1 Å². The zero-order chi connectivity index (χ0) is 11.3. The first-order valence-electron chi connectivity index (χ1n) is 5.10. The van der Waals surface area contributed by atoms with E-state index in [1.54, 1.807) is 10.6 Å². The highest BCUT2D eigenvalue weighted by molar-refractivity contribution is 5.80. The molecule has 0 radical (unpaired) electrons. The number of nitrogens with two attached hydrogens (primary N) is 1. The van der Waals surface area contributed by atoms with Crippen LogP contribution in [0.2, 0.25) is 0 Å². The van der Waals surface area contributed by atoms with Crippen LogP contribution in [0.1, 0.15) is 11.5 Å². The molecule has 0 saturated carbocycles. The number of hydrogen-bond donors (Lipinski definition) is 1. The third kappa shape index (κ3) is 1.06. The molecule has 0 aliphatic carbocycles. The highest BCUT2D eigenvalue weighted by Crippen LogP contribution is 2.32. The van der Waals surface area contributed by atoms with Gasteiger partial charge in [-0.05, 0) is 6.07 Å². The Hall–Kier alpha value is -1.75. The van der Waals surface area contributed by atoms with E-state index in [9.17, 15) is 9.18 Å². The third-order valence-corrected chi connectivity index (χ3v) is 3.09. The van der Waals surface area contributed by atoms with Gasteiger partial charge < -0.3 is 10.3 Å². The van der Waals surface area contributed by atoms with E-state index in [4.69, 9.17) is 5.73 Å². The van der Waals surface area contributed by atoms with Gasteiger partial charge in [0.1, 0.15) is 5.82 Å². The molecule has 1 unspecified atom stereocenters. The third-order valence-electron chi connectivity index (χ3n) is 3.09. The van der Waals surface area contributed by atoms with Gasteiger partial charge in [0.2, 0.25) is 0 Å². The molecule has 1 atom stereocenters. The molecule has 5 heteroatoms. The number of halogens is 1. The second kappa shape index (κ2) is 3.12. The Balaban J connectivity index is 2.49. The second-order valence-electron chi connectivity index (χ2n) is 3.97. The van der Waals surface area contributed by atoms with Crippen molar-refractivity contribution in [1.29, 1.82) is 0 Å². The zero-order valence-electron chi connectivity index (χ0n) is 8.48. The molecule has 1 aliphatic rings. The topological polar surface area (TPSA) is 60.9 Å². The van der Waals surface area contributed by atoms with Crippen LogP contribution in [-0.4, -0.2) is 16.1 Å². The minimum atomic E-state index is -0.375. The fraction of sp³-hybridized carbons (Fsp3) is 0.273. The monoisotopic (exact) mass is 219 g/mol. The molecule has 3 heterocycles. The molecule has 3 rings (SSSR count). The normalized spacial score (nSPS) is 18.2. The maximum absolute atomic E-state index is 13.7. The Kier molecular flexibility index (Phi) is 1.85. The molecule has 2 aromatic heterocycles. The summed E-state index contributed by atoms with van der Waals surface area (Å²) in [5.41, 5.74) is 7.26. The van der Waals surface area contributed by atoms with Crippen molar-refractivity contribution in [2.75, 3.05) is 6.54 Å². The molecule has 2 aromatic rings. The van der Waals surface area contributed by atoms with E-state index in [1.807, 2.05) is 0 Å². The largest absolute Gasteiger partial charge is 0.330 e. The second-order valence-corrected chi connectivity index (χ2v) is 3.97. The summed E-state index contributed by atoms with van der Waals surface area (Å²) in [5, 5.41) is 0. The predicted octanol–water partition coefficient (Wildman–Crippen LogP) is 0.591. The van der Waals surface area contributed by atoms with Crippen LogP contribution in [0.3, 0.4) is 0 Å². The minimum absolute atomic E-state index is 0.124. The quantitative estimate of drug-likeness (QED) is 0.763. The van der Waals surface area contributed by atoms with Gasteiger partial charge in [-0.3, -0.25) is 9.78 Å². The molecular formula is C11H10FN3O. The van der Waals surface area contributed by atoms with Gasteiger partial charge in [0.15, 0.2) is 0 Å². The Bertz CT molecular complexity index is 635. The van der Waals surface area contributed by atoms with E-state index in [1.165, 1.54) is 12.3 Å². The van der Waals surface area contributed by atoms with Gasteiger partial charge in [0.25, 0.3) is 5.56 Å². The van der Waals surface area contributed by atoms with Crippen LogP contribution in [-0.2, 0) is 6.54 Å². The molecule has 0 spiro atoms. The van der Waals surface area contributed by atoms with Crippen molar-refractivity contribution in [1.82, 2.24) is 9.55 Å². The molecule has 2 N–H and O–H groups in total. The molecule has 82 valence electrons. The smallest absolute Gasteiger partial charge is 0.251 e. The van der Waals surface area contributed by atoms with Crippen molar-refractivity contribution in [3.05, 3.63) is 40.1 Å². The lowest BCUT2D eigenvalue weighted by Crippen LogP contribution is -2.19. The van der Waals surface area contributed by atoms with Gasteiger partial charge in [-0.1, -0.05) is 0 Å². The van der Waals surface area contributed by atoms with Crippen molar-refractivity contribution in [2.24, 2.45) is 5.73 Å². The molecule has 16 heavy (non-hydrogen) atoms. The van der Waals surface area contributed by atoms with Gasteiger partial charge in [-0.25, -0.2) is 4.39 Å². The Morgan fingerprint density at radius 3 is 3.12 bits per heavy atom. The van der Waals surface area contributed by atoms with Crippen LogP contribution in [0, 0.1) is 5.82 Å². The van der Waals surface area contributed by atoms with Crippen LogP contribution in [0.25, 0.3) is 11.0 Å².